The molecule has 0 bridgehead atoms. The van der Waals surface area contributed by atoms with E-state index in [2.05, 4.69) is 30.7 Å². The quantitative estimate of drug-likeness (QED) is 0.472. The highest BCUT2D eigenvalue weighted by Crippen LogP contribution is 2.20. The summed E-state index contributed by atoms with van der Waals surface area (Å²) in [4.78, 5) is 25.7. The Kier molecular flexibility index (Phi) is 5.07. The van der Waals surface area contributed by atoms with Crippen molar-refractivity contribution in [1.82, 2.24) is 29.9 Å². The zero-order chi connectivity index (χ0) is 19.3. The number of pyridine rings is 1. The monoisotopic (exact) mass is 377 g/mol. The van der Waals surface area contributed by atoms with Gasteiger partial charge in [0.1, 0.15) is 0 Å². The molecule has 0 saturated carbocycles. The summed E-state index contributed by atoms with van der Waals surface area (Å²) in [7, 11) is 1.58. The van der Waals surface area contributed by atoms with Gasteiger partial charge in [-0.25, -0.2) is 9.50 Å². The summed E-state index contributed by atoms with van der Waals surface area (Å²) in [5.74, 6) is 0.253. The van der Waals surface area contributed by atoms with Crippen LogP contribution < -0.4 is 10.6 Å². The molecule has 3 aromatic heterocycles. The molecule has 28 heavy (non-hydrogen) atoms. The van der Waals surface area contributed by atoms with E-state index in [4.69, 9.17) is 4.74 Å². The summed E-state index contributed by atoms with van der Waals surface area (Å²) in [5.41, 5.74) is 2.86. The van der Waals surface area contributed by atoms with Crippen molar-refractivity contribution in [1.29, 1.82) is 0 Å². The number of hydrogen-bond acceptors (Lipinski definition) is 7. The van der Waals surface area contributed by atoms with Crippen LogP contribution in [-0.4, -0.2) is 50.7 Å². The summed E-state index contributed by atoms with van der Waals surface area (Å²) in [6.07, 6.45) is 1.74. The number of amides is 1. The molecule has 0 saturated heterocycles. The van der Waals surface area contributed by atoms with Crippen molar-refractivity contribution in [3.63, 3.8) is 0 Å². The van der Waals surface area contributed by atoms with E-state index in [-0.39, 0.29) is 11.7 Å². The Balaban J connectivity index is 1.71. The third-order valence-corrected chi connectivity index (χ3v) is 4.12. The molecule has 3 heterocycles. The van der Waals surface area contributed by atoms with Gasteiger partial charge in [0.05, 0.1) is 29.9 Å². The smallest absolute Gasteiger partial charge is 0.291 e. The first kappa shape index (κ1) is 17.8. The van der Waals surface area contributed by atoms with Crippen LogP contribution in [0.25, 0.3) is 16.7 Å². The highest BCUT2D eigenvalue weighted by molar-refractivity contribution is 5.92. The third-order valence-electron chi connectivity index (χ3n) is 4.12. The van der Waals surface area contributed by atoms with Crippen LogP contribution in [0.15, 0.2) is 48.7 Å². The number of nitrogens with one attached hydrogen (secondary N) is 2. The molecular weight excluding hydrogens is 358 g/mol. The molecule has 0 aliphatic rings. The summed E-state index contributed by atoms with van der Waals surface area (Å²) >= 11 is 0. The van der Waals surface area contributed by atoms with Crippen LogP contribution >= 0.6 is 0 Å². The van der Waals surface area contributed by atoms with Gasteiger partial charge < -0.3 is 15.4 Å². The molecule has 9 heteroatoms. The van der Waals surface area contributed by atoms with Crippen molar-refractivity contribution in [3.05, 3.63) is 60.2 Å². The van der Waals surface area contributed by atoms with E-state index in [1.165, 1.54) is 0 Å². The average Bonchev–Trinajstić information content (AvgIpc) is 3.19. The van der Waals surface area contributed by atoms with Gasteiger partial charge >= 0.3 is 0 Å². The van der Waals surface area contributed by atoms with Crippen molar-refractivity contribution in [2.75, 3.05) is 25.6 Å². The number of rotatable bonds is 7. The number of anilines is 1. The lowest BCUT2D eigenvalue weighted by Gasteiger charge is -2.08. The van der Waals surface area contributed by atoms with E-state index in [1.807, 2.05) is 42.5 Å². The Morgan fingerprint density at radius 2 is 2.00 bits per heavy atom. The number of fused-ring (bicyclic) bond motifs is 3. The molecule has 0 aliphatic carbocycles. The second-order valence-electron chi connectivity index (χ2n) is 6.04. The van der Waals surface area contributed by atoms with E-state index in [0.717, 1.165) is 16.7 Å². The second-order valence-corrected chi connectivity index (χ2v) is 6.04. The molecule has 0 fully saturated rings. The molecule has 0 unspecified atom stereocenters. The number of para-hydroxylation sites is 2. The summed E-state index contributed by atoms with van der Waals surface area (Å²) in [6.45, 7) is 1.28. The Labute approximate surface area is 160 Å². The van der Waals surface area contributed by atoms with Crippen molar-refractivity contribution in [2.24, 2.45) is 0 Å². The first-order valence-corrected chi connectivity index (χ1v) is 8.82. The Bertz CT molecular complexity index is 1110. The number of hydrogen-bond donors (Lipinski definition) is 2. The van der Waals surface area contributed by atoms with E-state index >= 15 is 0 Å². The zero-order valence-electron chi connectivity index (χ0n) is 15.3. The van der Waals surface area contributed by atoms with Gasteiger partial charge in [0.25, 0.3) is 5.91 Å². The largest absolute Gasteiger partial charge is 0.383 e. The minimum atomic E-state index is -0.361. The van der Waals surface area contributed by atoms with E-state index in [9.17, 15) is 4.79 Å². The Morgan fingerprint density at radius 3 is 2.82 bits per heavy atom. The lowest BCUT2D eigenvalue weighted by molar-refractivity contribution is 0.0927. The number of benzene rings is 1. The van der Waals surface area contributed by atoms with Crippen molar-refractivity contribution < 1.29 is 9.53 Å². The predicted octanol–water partition coefficient (Wildman–Crippen LogP) is 1.66. The fourth-order valence-electron chi connectivity index (χ4n) is 2.78. The van der Waals surface area contributed by atoms with Gasteiger partial charge in [-0.3, -0.25) is 9.78 Å². The van der Waals surface area contributed by atoms with Crippen LogP contribution in [0.1, 0.15) is 16.3 Å². The first-order chi connectivity index (χ1) is 13.8. The molecule has 1 aromatic carbocycles. The Morgan fingerprint density at radius 1 is 1.14 bits per heavy atom. The summed E-state index contributed by atoms with van der Waals surface area (Å²) in [5, 5.41) is 10.4. The van der Waals surface area contributed by atoms with E-state index < -0.39 is 0 Å². The number of carbonyl (C=O) groups excluding carboxylic acids is 1. The molecule has 4 aromatic rings. The van der Waals surface area contributed by atoms with Crippen LogP contribution in [0.3, 0.4) is 0 Å². The molecule has 1 amide bonds. The van der Waals surface area contributed by atoms with Gasteiger partial charge in [-0.2, -0.15) is 4.98 Å². The average molecular weight is 377 g/mol. The van der Waals surface area contributed by atoms with Gasteiger partial charge in [0.15, 0.2) is 11.5 Å². The van der Waals surface area contributed by atoms with Crippen LogP contribution in [0.2, 0.25) is 0 Å². The SMILES string of the molecule is COCCNC(=O)c1nc2c(NCc3ccccn3)nc3ccccc3n2n1. The first-order valence-electron chi connectivity index (χ1n) is 8.82. The van der Waals surface area contributed by atoms with Gasteiger partial charge in [-0.1, -0.05) is 18.2 Å². The zero-order valence-corrected chi connectivity index (χ0v) is 15.3. The maximum Gasteiger partial charge on any atom is 0.291 e. The lowest BCUT2D eigenvalue weighted by atomic mass is 10.3. The summed E-state index contributed by atoms with van der Waals surface area (Å²) < 4.78 is 6.58. The number of aromatic nitrogens is 5. The number of ether oxygens (including phenoxy) is 1. The molecule has 142 valence electrons. The van der Waals surface area contributed by atoms with Crippen LogP contribution in [-0.2, 0) is 11.3 Å². The van der Waals surface area contributed by atoms with Crippen molar-refractivity contribution in [2.45, 2.75) is 6.54 Å². The van der Waals surface area contributed by atoms with Crippen LogP contribution in [0.4, 0.5) is 5.82 Å². The molecule has 4 rings (SSSR count). The second kappa shape index (κ2) is 7.97. The standard InChI is InChI=1S/C19H19N7O2/c1-28-11-10-21-19(27)17-24-18-16(22-12-13-6-4-5-9-20-13)23-14-7-2-3-8-15(14)26(18)25-17/h2-9H,10-12H2,1H3,(H,21,27)(H,22,23). The highest BCUT2D eigenvalue weighted by Gasteiger charge is 2.17. The molecular formula is C19H19N7O2. The molecule has 0 aliphatic heterocycles. The van der Waals surface area contributed by atoms with Crippen LogP contribution in [0.5, 0.6) is 0 Å². The topological polar surface area (TPSA) is 106 Å². The lowest BCUT2D eigenvalue weighted by Crippen LogP contribution is -2.27. The molecule has 0 radical (unpaired) electrons. The van der Waals surface area contributed by atoms with Gasteiger partial charge in [-0.05, 0) is 24.3 Å². The number of nitrogens with zero attached hydrogens (tertiary/aromatic N) is 5. The van der Waals surface area contributed by atoms with Gasteiger partial charge in [0.2, 0.25) is 5.82 Å². The number of methoxy groups -OCH3 is 1. The van der Waals surface area contributed by atoms with Crippen LogP contribution in [0, 0.1) is 0 Å². The van der Waals surface area contributed by atoms with E-state index in [1.54, 1.807) is 17.8 Å². The van der Waals surface area contributed by atoms with Gasteiger partial charge in [0, 0.05) is 19.9 Å². The maximum absolute atomic E-state index is 12.4. The minimum Gasteiger partial charge on any atom is -0.383 e. The number of carbonyl (C=O) groups is 1. The molecule has 9 nitrogen and oxygen atoms in total. The van der Waals surface area contributed by atoms with Gasteiger partial charge in [-0.15, -0.1) is 5.10 Å². The fourth-order valence-corrected chi connectivity index (χ4v) is 2.78. The van der Waals surface area contributed by atoms with E-state index in [0.29, 0.717) is 31.2 Å². The molecule has 0 atom stereocenters. The summed E-state index contributed by atoms with van der Waals surface area (Å²) in [6, 6.07) is 13.3. The van der Waals surface area contributed by atoms with Crippen molar-refractivity contribution >= 4 is 28.4 Å². The highest BCUT2D eigenvalue weighted by atomic mass is 16.5. The Hall–Kier alpha value is -3.59. The maximum atomic E-state index is 12.4. The molecule has 0 spiro atoms. The van der Waals surface area contributed by atoms with Crippen molar-refractivity contribution in [3.8, 4) is 0 Å². The molecule has 2 N–H and O–H groups in total. The normalized spacial score (nSPS) is 11.0. The third kappa shape index (κ3) is 3.60. The fraction of sp³-hybridized carbons (Fsp3) is 0.211. The minimum absolute atomic E-state index is 0.0788. The predicted molar refractivity (Wildman–Crippen MR) is 104 cm³/mol.